The van der Waals surface area contributed by atoms with Gasteiger partial charge in [0.1, 0.15) is 22.1 Å². The number of benzene rings is 1. The van der Waals surface area contributed by atoms with E-state index in [2.05, 4.69) is 34.4 Å². The first-order chi connectivity index (χ1) is 17.4. The van der Waals surface area contributed by atoms with Gasteiger partial charge in [0.2, 0.25) is 0 Å². The molecule has 186 valence electrons. The number of likely N-dealkylation sites (tertiary alicyclic amines) is 1. The van der Waals surface area contributed by atoms with Crippen molar-refractivity contribution in [3.63, 3.8) is 0 Å². The summed E-state index contributed by atoms with van der Waals surface area (Å²) in [5.74, 6) is 3.39. The summed E-state index contributed by atoms with van der Waals surface area (Å²) in [7, 11) is 1.66. The van der Waals surface area contributed by atoms with Crippen LogP contribution in [0.15, 0.2) is 34.7 Å². The van der Waals surface area contributed by atoms with Gasteiger partial charge >= 0.3 is 0 Å². The Bertz CT molecular complexity index is 1530. The standard InChI is InChI=1S/C29H30ClN3O3/c1-15-19-6-8-21(15)33(14-19)29(34)20-11-23(35-3)26-16(2)27(36-24(26)12-20)22-10-18-7-9-25(30)31-28(18)32(22)13-17-4-5-17/h7,9-12,15,17,19,21H,4-6,8,13-14H2,1-3H3/t15-,19?,21?/m1/s1. The molecule has 4 aromatic rings. The molecule has 0 N–H and O–H groups in total. The second-order valence-electron chi connectivity index (χ2n) is 11.0. The predicted molar refractivity (Wildman–Crippen MR) is 141 cm³/mol. The molecule has 3 aliphatic rings. The lowest BCUT2D eigenvalue weighted by molar-refractivity contribution is 0.0695. The third-order valence-corrected chi connectivity index (χ3v) is 9.03. The molecular formula is C29H30ClN3O3. The molecule has 0 spiro atoms. The number of carbonyl (C=O) groups excluding carboxylic acids is 1. The number of fused-ring (bicyclic) bond motifs is 4. The first-order valence-corrected chi connectivity index (χ1v) is 13.4. The van der Waals surface area contributed by atoms with E-state index in [0.29, 0.717) is 45.8 Å². The normalized spacial score (nSPS) is 23.3. The molecule has 36 heavy (non-hydrogen) atoms. The Balaban J connectivity index is 1.35. The van der Waals surface area contributed by atoms with Crippen molar-refractivity contribution < 1.29 is 13.9 Å². The van der Waals surface area contributed by atoms with Crippen molar-refractivity contribution in [3.8, 4) is 17.2 Å². The molecule has 3 aromatic heterocycles. The Kier molecular flexibility index (Phi) is 4.94. The molecule has 4 heterocycles. The third kappa shape index (κ3) is 3.30. The van der Waals surface area contributed by atoms with Crippen LogP contribution in [-0.2, 0) is 6.54 Å². The smallest absolute Gasteiger partial charge is 0.254 e. The molecule has 1 saturated heterocycles. The van der Waals surface area contributed by atoms with Gasteiger partial charge in [-0.25, -0.2) is 4.98 Å². The molecule has 2 aliphatic carbocycles. The van der Waals surface area contributed by atoms with E-state index in [4.69, 9.17) is 20.8 Å². The maximum atomic E-state index is 13.6. The minimum atomic E-state index is 0.0755. The van der Waals surface area contributed by atoms with E-state index in [1.807, 2.05) is 24.3 Å². The quantitative estimate of drug-likeness (QED) is 0.284. The van der Waals surface area contributed by atoms with Gasteiger partial charge in [0.05, 0.1) is 18.2 Å². The van der Waals surface area contributed by atoms with Crippen molar-refractivity contribution in [2.75, 3.05) is 13.7 Å². The van der Waals surface area contributed by atoms with Crippen LogP contribution in [0.25, 0.3) is 33.5 Å². The molecule has 2 bridgehead atoms. The van der Waals surface area contributed by atoms with Crippen LogP contribution in [0.2, 0.25) is 5.15 Å². The van der Waals surface area contributed by atoms with E-state index >= 15 is 0 Å². The average Bonchev–Trinajstić information content (AvgIpc) is 3.29. The molecule has 1 aliphatic heterocycles. The number of aryl methyl sites for hydroxylation is 1. The van der Waals surface area contributed by atoms with Gasteiger partial charge in [0, 0.05) is 35.6 Å². The van der Waals surface area contributed by atoms with Crippen molar-refractivity contribution in [3.05, 3.63) is 46.6 Å². The first-order valence-electron chi connectivity index (χ1n) is 13.0. The van der Waals surface area contributed by atoms with Crippen LogP contribution >= 0.6 is 11.6 Å². The van der Waals surface area contributed by atoms with Gasteiger partial charge in [0.25, 0.3) is 5.91 Å². The monoisotopic (exact) mass is 503 g/mol. The zero-order chi connectivity index (χ0) is 24.7. The van der Waals surface area contributed by atoms with Gasteiger partial charge in [-0.3, -0.25) is 4.79 Å². The van der Waals surface area contributed by atoms with Crippen LogP contribution in [-0.4, -0.2) is 40.1 Å². The van der Waals surface area contributed by atoms with E-state index < -0.39 is 0 Å². The lowest BCUT2D eigenvalue weighted by Gasteiger charge is -2.27. The molecule has 2 unspecified atom stereocenters. The Hall–Kier alpha value is -2.99. The van der Waals surface area contributed by atoms with E-state index in [-0.39, 0.29) is 5.91 Å². The van der Waals surface area contributed by atoms with Gasteiger partial charge in [-0.2, -0.15) is 0 Å². The van der Waals surface area contributed by atoms with Crippen molar-refractivity contribution in [2.24, 2.45) is 17.8 Å². The first kappa shape index (κ1) is 22.2. The highest BCUT2D eigenvalue weighted by Gasteiger charge is 2.46. The average molecular weight is 504 g/mol. The third-order valence-electron chi connectivity index (χ3n) is 8.82. The highest BCUT2D eigenvalue weighted by molar-refractivity contribution is 6.29. The number of nitrogens with zero attached hydrogens (tertiary/aromatic N) is 3. The van der Waals surface area contributed by atoms with Crippen molar-refractivity contribution in [2.45, 2.75) is 52.1 Å². The zero-order valence-corrected chi connectivity index (χ0v) is 21.6. The Morgan fingerprint density at radius 1 is 1.19 bits per heavy atom. The summed E-state index contributed by atoms with van der Waals surface area (Å²) in [6.45, 7) is 6.08. The number of hydrogen-bond donors (Lipinski definition) is 0. The topological polar surface area (TPSA) is 60.5 Å². The van der Waals surface area contributed by atoms with Crippen LogP contribution in [0.4, 0.5) is 0 Å². The number of halogens is 1. The maximum Gasteiger partial charge on any atom is 0.254 e. The van der Waals surface area contributed by atoms with E-state index in [9.17, 15) is 4.79 Å². The van der Waals surface area contributed by atoms with E-state index in [0.717, 1.165) is 52.9 Å². The van der Waals surface area contributed by atoms with Crippen molar-refractivity contribution in [1.82, 2.24) is 14.5 Å². The van der Waals surface area contributed by atoms with E-state index in [1.54, 1.807) is 7.11 Å². The number of pyridine rings is 1. The number of rotatable bonds is 5. The van der Waals surface area contributed by atoms with Crippen LogP contribution in [0.3, 0.4) is 0 Å². The van der Waals surface area contributed by atoms with E-state index in [1.165, 1.54) is 19.3 Å². The van der Waals surface area contributed by atoms with Crippen molar-refractivity contribution in [1.29, 1.82) is 0 Å². The number of amides is 1. The SMILES string of the molecule is COc1cc(C(=O)N2CC3CCC2[C@@H]3C)cc2oc(-c3cc4ccc(Cl)nc4n3CC3CC3)c(C)c12. The summed E-state index contributed by atoms with van der Waals surface area (Å²) in [5, 5.41) is 2.44. The van der Waals surface area contributed by atoms with Crippen LogP contribution < -0.4 is 4.74 Å². The van der Waals surface area contributed by atoms with Gasteiger partial charge in [-0.05, 0) is 80.7 Å². The highest BCUT2D eigenvalue weighted by Crippen LogP contribution is 2.45. The number of furan rings is 1. The molecule has 1 amide bonds. The Morgan fingerprint density at radius 3 is 2.72 bits per heavy atom. The van der Waals surface area contributed by atoms with Crippen LogP contribution in [0.1, 0.15) is 48.5 Å². The molecule has 1 aromatic carbocycles. The number of methoxy groups -OCH3 is 1. The Labute approximate surface area is 215 Å². The minimum absolute atomic E-state index is 0.0755. The lowest BCUT2D eigenvalue weighted by Crippen LogP contribution is -2.38. The summed E-state index contributed by atoms with van der Waals surface area (Å²) in [5.41, 5.74) is 4.18. The summed E-state index contributed by atoms with van der Waals surface area (Å²) in [6, 6.07) is 10.1. The number of hydrogen-bond acceptors (Lipinski definition) is 4. The predicted octanol–water partition coefficient (Wildman–Crippen LogP) is 6.70. The van der Waals surface area contributed by atoms with Crippen LogP contribution in [0.5, 0.6) is 5.75 Å². The fourth-order valence-corrected chi connectivity index (χ4v) is 6.76. The maximum absolute atomic E-state index is 13.6. The fourth-order valence-electron chi connectivity index (χ4n) is 6.61. The zero-order valence-electron chi connectivity index (χ0n) is 20.9. The minimum Gasteiger partial charge on any atom is -0.496 e. The second kappa shape index (κ2) is 8.01. The molecule has 7 heteroatoms. The number of aromatic nitrogens is 2. The molecule has 3 atom stereocenters. The second-order valence-corrected chi connectivity index (χ2v) is 11.3. The van der Waals surface area contributed by atoms with Gasteiger partial charge < -0.3 is 18.6 Å². The summed E-state index contributed by atoms with van der Waals surface area (Å²) in [6.07, 6.45) is 4.79. The fraction of sp³-hybridized carbons (Fsp3) is 0.448. The van der Waals surface area contributed by atoms with Crippen molar-refractivity contribution >= 4 is 39.5 Å². The molecule has 2 saturated carbocycles. The highest BCUT2D eigenvalue weighted by atomic mass is 35.5. The molecular weight excluding hydrogens is 474 g/mol. The molecule has 3 fully saturated rings. The summed E-state index contributed by atoms with van der Waals surface area (Å²) < 4.78 is 14.6. The number of carbonyl (C=O) groups is 1. The van der Waals surface area contributed by atoms with Gasteiger partial charge in [0.15, 0.2) is 5.76 Å². The number of piperidine rings is 1. The number of ether oxygens (including phenoxy) is 1. The molecule has 0 radical (unpaired) electrons. The van der Waals surface area contributed by atoms with Gasteiger partial charge in [-0.1, -0.05) is 18.5 Å². The molecule has 6 nitrogen and oxygen atoms in total. The molecule has 7 rings (SSSR count). The summed E-state index contributed by atoms with van der Waals surface area (Å²) >= 11 is 6.27. The van der Waals surface area contributed by atoms with Gasteiger partial charge in [-0.15, -0.1) is 0 Å². The Morgan fingerprint density at radius 2 is 2.03 bits per heavy atom. The lowest BCUT2D eigenvalue weighted by atomic mass is 10.0. The van der Waals surface area contributed by atoms with Crippen LogP contribution in [0, 0.1) is 24.7 Å². The summed E-state index contributed by atoms with van der Waals surface area (Å²) in [4.78, 5) is 20.3. The largest absolute Gasteiger partial charge is 0.496 e.